The standard InChI is InChI=1S/C17H15NO3S2/c19-16(20)10-22-15-9-14(18-23-11-5-1-2-6-11)12-7-3-4-8-13(12)17(15)21/h1-5,7-9,18,21H,6,10H2,(H,19,20). The van der Waals surface area contributed by atoms with Gasteiger partial charge in [-0.3, -0.25) is 4.79 Å². The molecule has 118 valence electrons. The van der Waals surface area contributed by atoms with E-state index in [0.717, 1.165) is 29.3 Å². The number of nitrogens with one attached hydrogen (secondary N) is 1. The number of phenolic OH excluding ortho intramolecular Hbond substituents is 1. The second-order valence-corrected chi connectivity index (χ2v) is 6.92. The molecular formula is C17H15NO3S2. The summed E-state index contributed by atoms with van der Waals surface area (Å²) in [6, 6.07) is 9.35. The van der Waals surface area contributed by atoms with E-state index < -0.39 is 5.97 Å². The number of aromatic hydroxyl groups is 1. The van der Waals surface area contributed by atoms with Crippen molar-refractivity contribution in [3.63, 3.8) is 0 Å². The van der Waals surface area contributed by atoms with Crippen molar-refractivity contribution in [2.24, 2.45) is 0 Å². The van der Waals surface area contributed by atoms with Gasteiger partial charge >= 0.3 is 5.97 Å². The van der Waals surface area contributed by atoms with Gasteiger partial charge in [0.2, 0.25) is 0 Å². The summed E-state index contributed by atoms with van der Waals surface area (Å²) in [5.41, 5.74) is 0.865. The Labute approximate surface area is 142 Å². The first-order valence-electron chi connectivity index (χ1n) is 7.03. The number of carboxylic acid groups (broad SMARTS) is 1. The summed E-state index contributed by atoms with van der Waals surface area (Å²) in [6.45, 7) is 0. The summed E-state index contributed by atoms with van der Waals surface area (Å²) in [4.78, 5) is 12.6. The zero-order valence-corrected chi connectivity index (χ0v) is 13.8. The van der Waals surface area contributed by atoms with Crippen LogP contribution < -0.4 is 4.72 Å². The molecule has 23 heavy (non-hydrogen) atoms. The molecule has 1 aliphatic carbocycles. The van der Waals surface area contributed by atoms with Crippen LogP contribution >= 0.6 is 23.7 Å². The number of carboxylic acids is 1. The predicted octanol–water partition coefficient (Wildman–Crippen LogP) is 4.63. The second-order valence-electron chi connectivity index (χ2n) is 4.97. The molecule has 2 aromatic rings. The number of fused-ring (bicyclic) bond motifs is 1. The number of aliphatic carboxylic acids is 1. The minimum absolute atomic E-state index is 0.0897. The molecule has 0 fully saturated rings. The molecule has 0 heterocycles. The zero-order valence-electron chi connectivity index (χ0n) is 12.2. The molecule has 2 aromatic carbocycles. The third kappa shape index (κ3) is 3.65. The molecule has 0 saturated carbocycles. The number of anilines is 1. The maximum atomic E-state index is 10.8. The summed E-state index contributed by atoms with van der Waals surface area (Å²) in [5.74, 6) is -0.870. The second kappa shape index (κ2) is 7.02. The topological polar surface area (TPSA) is 69.6 Å². The Hall–Kier alpha value is -2.05. The first-order chi connectivity index (χ1) is 11.1. The van der Waals surface area contributed by atoms with Gasteiger partial charge < -0.3 is 14.9 Å². The number of allylic oxidation sites excluding steroid dienone is 4. The van der Waals surface area contributed by atoms with Crippen molar-refractivity contribution < 1.29 is 15.0 Å². The molecular weight excluding hydrogens is 330 g/mol. The Morgan fingerprint density at radius 3 is 2.74 bits per heavy atom. The van der Waals surface area contributed by atoms with Crippen molar-refractivity contribution in [1.82, 2.24) is 0 Å². The Morgan fingerprint density at radius 2 is 2.04 bits per heavy atom. The minimum Gasteiger partial charge on any atom is -0.506 e. The molecule has 0 amide bonds. The van der Waals surface area contributed by atoms with E-state index in [1.165, 1.54) is 16.9 Å². The number of hydrogen-bond donors (Lipinski definition) is 3. The third-order valence-corrected chi connectivity index (χ3v) is 5.26. The van der Waals surface area contributed by atoms with Crippen LogP contribution in [0.25, 0.3) is 10.8 Å². The molecule has 0 atom stereocenters. The van der Waals surface area contributed by atoms with E-state index >= 15 is 0 Å². The normalized spacial score (nSPS) is 13.3. The molecule has 4 nitrogen and oxygen atoms in total. The average Bonchev–Trinajstić information content (AvgIpc) is 3.06. The van der Waals surface area contributed by atoms with E-state index in [-0.39, 0.29) is 11.5 Å². The highest BCUT2D eigenvalue weighted by molar-refractivity contribution is 8.04. The van der Waals surface area contributed by atoms with Gasteiger partial charge in [-0.1, -0.05) is 42.5 Å². The number of thioether (sulfide) groups is 1. The van der Waals surface area contributed by atoms with Crippen molar-refractivity contribution >= 4 is 46.1 Å². The van der Waals surface area contributed by atoms with E-state index in [0.29, 0.717) is 10.3 Å². The van der Waals surface area contributed by atoms with Crippen molar-refractivity contribution in [3.05, 3.63) is 53.5 Å². The van der Waals surface area contributed by atoms with Crippen LogP contribution in [0.1, 0.15) is 6.42 Å². The van der Waals surface area contributed by atoms with Gasteiger partial charge in [0.1, 0.15) is 5.75 Å². The molecule has 1 aliphatic rings. The largest absolute Gasteiger partial charge is 0.506 e. The first kappa shape index (κ1) is 15.8. The number of carbonyl (C=O) groups is 1. The highest BCUT2D eigenvalue weighted by atomic mass is 32.2. The Balaban J connectivity index is 1.93. The van der Waals surface area contributed by atoms with E-state index in [4.69, 9.17) is 5.11 Å². The number of benzene rings is 2. The van der Waals surface area contributed by atoms with Crippen LogP contribution in [-0.2, 0) is 4.79 Å². The summed E-state index contributed by atoms with van der Waals surface area (Å²) in [6.07, 6.45) is 7.08. The Morgan fingerprint density at radius 1 is 1.26 bits per heavy atom. The molecule has 0 aliphatic heterocycles. The molecule has 0 unspecified atom stereocenters. The lowest BCUT2D eigenvalue weighted by atomic mass is 10.1. The van der Waals surface area contributed by atoms with Crippen molar-refractivity contribution in [3.8, 4) is 5.75 Å². The maximum absolute atomic E-state index is 10.8. The van der Waals surface area contributed by atoms with E-state index in [9.17, 15) is 9.90 Å². The smallest absolute Gasteiger partial charge is 0.313 e. The fourth-order valence-corrected chi connectivity index (χ4v) is 3.76. The maximum Gasteiger partial charge on any atom is 0.313 e. The van der Waals surface area contributed by atoms with E-state index in [1.54, 1.807) is 6.07 Å². The SMILES string of the molecule is O=C(O)CSc1cc(NSC2=CC=CC2)c2ccccc2c1O. The lowest BCUT2D eigenvalue weighted by molar-refractivity contribution is -0.133. The van der Waals surface area contributed by atoms with Gasteiger partial charge in [-0.15, -0.1) is 11.8 Å². The highest BCUT2D eigenvalue weighted by Gasteiger charge is 2.13. The molecule has 0 bridgehead atoms. The van der Waals surface area contributed by atoms with Gasteiger partial charge in [-0.2, -0.15) is 0 Å². The lowest BCUT2D eigenvalue weighted by Crippen LogP contribution is -1.98. The Bertz CT molecular complexity index is 815. The van der Waals surface area contributed by atoms with Gasteiger partial charge in [0.05, 0.1) is 16.3 Å². The predicted molar refractivity (Wildman–Crippen MR) is 97.0 cm³/mol. The van der Waals surface area contributed by atoms with Gasteiger partial charge in [0.15, 0.2) is 0 Å². The zero-order chi connectivity index (χ0) is 16.2. The highest BCUT2D eigenvalue weighted by Crippen LogP contribution is 2.41. The van der Waals surface area contributed by atoms with Crippen LogP contribution in [-0.4, -0.2) is 21.9 Å². The van der Waals surface area contributed by atoms with Gasteiger partial charge in [-0.25, -0.2) is 0 Å². The fraction of sp³-hybridized carbons (Fsp3) is 0.118. The van der Waals surface area contributed by atoms with Crippen LogP contribution in [0.3, 0.4) is 0 Å². The van der Waals surface area contributed by atoms with Gasteiger partial charge in [-0.05, 0) is 24.4 Å². The lowest BCUT2D eigenvalue weighted by Gasteiger charge is -2.14. The Kier molecular flexibility index (Phi) is 4.83. The fourth-order valence-electron chi connectivity index (χ4n) is 2.29. The van der Waals surface area contributed by atoms with Crippen molar-refractivity contribution in [2.45, 2.75) is 11.3 Å². The summed E-state index contributed by atoms with van der Waals surface area (Å²) in [7, 11) is 0. The summed E-state index contributed by atoms with van der Waals surface area (Å²) < 4.78 is 3.32. The molecule has 0 aromatic heterocycles. The average molecular weight is 345 g/mol. The van der Waals surface area contributed by atoms with E-state index in [2.05, 4.69) is 16.9 Å². The number of phenols is 1. The molecule has 6 heteroatoms. The van der Waals surface area contributed by atoms with Crippen LogP contribution in [0.5, 0.6) is 5.75 Å². The summed E-state index contributed by atoms with van der Waals surface area (Å²) >= 11 is 2.65. The monoisotopic (exact) mass is 345 g/mol. The molecule has 0 spiro atoms. The van der Waals surface area contributed by atoms with E-state index in [1.807, 2.05) is 30.3 Å². The van der Waals surface area contributed by atoms with Crippen LogP contribution in [0.2, 0.25) is 0 Å². The van der Waals surface area contributed by atoms with Crippen molar-refractivity contribution in [2.75, 3.05) is 10.5 Å². The van der Waals surface area contributed by atoms with Crippen LogP contribution in [0.15, 0.2) is 58.4 Å². The van der Waals surface area contributed by atoms with Gasteiger partial charge in [0, 0.05) is 15.7 Å². The quantitative estimate of drug-likeness (QED) is 0.403. The van der Waals surface area contributed by atoms with Gasteiger partial charge in [0.25, 0.3) is 0 Å². The third-order valence-electron chi connectivity index (χ3n) is 3.36. The van der Waals surface area contributed by atoms with Crippen molar-refractivity contribution in [1.29, 1.82) is 0 Å². The minimum atomic E-state index is -0.909. The number of hydrogen-bond acceptors (Lipinski definition) is 5. The summed E-state index contributed by atoms with van der Waals surface area (Å²) in [5, 5.41) is 20.9. The first-order valence-corrected chi connectivity index (χ1v) is 8.83. The van der Waals surface area contributed by atoms with Crippen LogP contribution in [0, 0.1) is 0 Å². The molecule has 3 rings (SSSR count). The van der Waals surface area contributed by atoms with Crippen LogP contribution in [0.4, 0.5) is 5.69 Å². The molecule has 3 N–H and O–H groups in total. The molecule has 0 radical (unpaired) electrons. The number of rotatable bonds is 6. The molecule has 0 saturated heterocycles.